The standard InChI is InChI=1S/C13H13BrN4/c1-17-6-5-10(15-17)8-12-11-4-3-9(14)7-13(11)18(2)16-12/h3-7H,8H2,1-2H3. The van der Waals surface area contributed by atoms with Crippen molar-refractivity contribution in [3.63, 3.8) is 0 Å². The largest absolute Gasteiger partial charge is 0.276 e. The van der Waals surface area contributed by atoms with Gasteiger partial charge in [-0.15, -0.1) is 0 Å². The molecular weight excluding hydrogens is 292 g/mol. The van der Waals surface area contributed by atoms with Crippen molar-refractivity contribution in [2.45, 2.75) is 6.42 Å². The van der Waals surface area contributed by atoms with Gasteiger partial charge in [0.1, 0.15) is 0 Å². The van der Waals surface area contributed by atoms with E-state index in [2.05, 4.69) is 38.3 Å². The molecule has 18 heavy (non-hydrogen) atoms. The average Bonchev–Trinajstić information content (AvgIpc) is 2.85. The number of halogens is 1. The number of nitrogens with zero attached hydrogens (tertiary/aromatic N) is 4. The third-order valence-electron chi connectivity index (χ3n) is 3.01. The van der Waals surface area contributed by atoms with Gasteiger partial charge in [0.2, 0.25) is 0 Å². The molecule has 0 saturated carbocycles. The van der Waals surface area contributed by atoms with Crippen LogP contribution < -0.4 is 0 Å². The molecule has 4 nitrogen and oxygen atoms in total. The molecular formula is C13H13BrN4. The van der Waals surface area contributed by atoms with Crippen molar-refractivity contribution in [3.8, 4) is 0 Å². The molecule has 2 aromatic heterocycles. The average molecular weight is 305 g/mol. The number of hydrogen-bond donors (Lipinski definition) is 0. The SMILES string of the molecule is Cn1ccc(Cc2nn(C)c3cc(Br)ccc23)n1. The Hall–Kier alpha value is -1.62. The Bertz CT molecular complexity index is 711. The van der Waals surface area contributed by atoms with Crippen LogP contribution >= 0.6 is 15.9 Å². The smallest absolute Gasteiger partial charge is 0.0763 e. The van der Waals surface area contributed by atoms with Crippen LogP contribution in [0.4, 0.5) is 0 Å². The minimum Gasteiger partial charge on any atom is -0.276 e. The molecule has 3 aromatic rings. The molecule has 3 rings (SSSR count). The second kappa shape index (κ2) is 4.24. The molecule has 0 bridgehead atoms. The second-order valence-electron chi connectivity index (χ2n) is 4.39. The zero-order chi connectivity index (χ0) is 12.7. The molecule has 0 atom stereocenters. The van der Waals surface area contributed by atoms with Crippen LogP contribution in [-0.2, 0) is 20.5 Å². The summed E-state index contributed by atoms with van der Waals surface area (Å²) in [4.78, 5) is 0. The molecule has 0 aliphatic rings. The van der Waals surface area contributed by atoms with Gasteiger partial charge in [0.25, 0.3) is 0 Å². The summed E-state index contributed by atoms with van der Waals surface area (Å²) >= 11 is 3.49. The van der Waals surface area contributed by atoms with Crippen LogP contribution in [0.25, 0.3) is 10.9 Å². The predicted octanol–water partition coefficient (Wildman–Crippen LogP) is 2.66. The lowest BCUT2D eigenvalue weighted by atomic mass is 10.1. The van der Waals surface area contributed by atoms with Crippen molar-refractivity contribution < 1.29 is 0 Å². The summed E-state index contributed by atoms with van der Waals surface area (Å²) in [5.74, 6) is 0. The maximum atomic E-state index is 4.58. The minimum atomic E-state index is 0.764. The Kier molecular flexibility index (Phi) is 2.70. The minimum absolute atomic E-state index is 0.764. The van der Waals surface area contributed by atoms with E-state index in [4.69, 9.17) is 0 Å². The Morgan fingerprint density at radius 2 is 2.00 bits per heavy atom. The second-order valence-corrected chi connectivity index (χ2v) is 5.30. The fourth-order valence-corrected chi connectivity index (χ4v) is 2.51. The van der Waals surface area contributed by atoms with Crippen LogP contribution in [0.2, 0.25) is 0 Å². The van der Waals surface area contributed by atoms with Gasteiger partial charge in [0.05, 0.1) is 16.9 Å². The van der Waals surface area contributed by atoms with Crippen LogP contribution in [-0.4, -0.2) is 19.6 Å². The summed E-state index contributed by atoms with van der Waals surface area (Å²) in [6, 6.07) is 8.26. The molecule has 0 unspecified atom stereocenters. The number of aromatic nitrogens is 4. The monoisotopic (exact) mass is 304 g/mol. The summed E-state index contributed by atoms with van der Waals surface area (Å²) in [7, 11) is 3.90. The topological polar surface area (TPSA) is 35.6 Å². The van der Waals surface area contributed by atoms with Gasteiger partial charge in [-0.25, -0.2) is 0 Å². The van der Waals surface area contributed by atoms with E-state index in [1.165, 1.54) is 5.39 Å². The van der Waals surface area contributed by atoms with Gasteiger partial charge in [0.15, 0.2) is 0 Å². The molecule has 0 radical (unpaired) electrons. The van der Waals surface area contributed by atoms with Gasteiger partial charge >= 0.3 is 0 Å². The van der Waals surface area contributed by atoms with Gasteiger partial charge in [-0.3, -0.25) is 9.36 Å². The van der Waals surface area contributed by atoms with Crippen LogP contribution in [0.3, 0.4) is 0 Å². The Morgan fingerprint density at radius 1 is 1.17 bits per heavy atom. The molecule has 0 amide bonds. The molecule has 0 N–H and O–H groups in total. The molecule has 92 valence electrons. The van der Waals surface area contributed by atoms with Gasteiger partial charge in [-0.2, -0.15) is 10.2 Å². The van der Waals surface area contributed by atoms with Crippen LogP contribution in [0.15, 0.2) is 34.9 Å². The van der Waals surface area contributed by atoms with E-state index in [-0.39, 0.29) is 0 Å². The first-order chi connectivity index (χ1) is 8.63. The highest BCUT2D eigenvalue weighted by Gasteiger charge is 2.10. The number of rotatable bonds is 2. The first-order valence-electron chi connectivity index (χ1n) is 5.73. The molecule has 5 heteroatoms. The first kappa shape index (κ1) is 11.5. The zero-order valence-corrected chi connectivity index (χ0v) is 11.8. The van der Waals surface area contributed by atoms with Gasteiger partial charge in [-0.05, 0) is 24.3 Å². The van der Waals surface area contributed by atoms with Crippen LogP contribution in [0.1, 0.15) is 11.4 Å². The Balaban J connectivity index is 2.07. The third kappa shape index (κ3) is 1.95. The highest BCUT2D eigenvalue weighted by Crippen LogP contribution is 2.23. The normalized spacial score (nSPS) is 11.3. The Morgan fingerprint density at radius 3 is 2.72 bits per heavy atom. The summed E-state index contributed by atoms with van der Waals surface area (Å²) in [6.45, 7) is 0. The summed E-state index contributed by atoms with van der Waals surface area (Å²) in [5.41, 5.74) is 3.24. The molecule has 0 aliphatic carbocycles. The third-order valence-corrected chi connectivity index (χ3v) is 3.50. The molecule has 0 saturated heterocycles. The molecule has 2 heterocycles. The Labute approximate surface area is 113 Å². The number of fused-ring (bicyclic) bond motifs is 1. The van der Waals surface area contributed by atoms with Gasteiger partial charge < -0.3 is 0 Å². The van der Waals surface area contributed by atoms with Gasteiger partial charge in [0, 0.05) is 36.6 Å². The maximum Gasteiger partial charge on any atom is 0.0763 e. The van der Waals surface area contributed by atoms with Crippen molar-refractivity contribution >= 4 is 26.8 Å². The zero-order valence-electron chi connectivity index (χ0n) is 10.3. The number of aryl methyl sites for hydroxylation is 2. The van der Waals surface area contributed by atoms with E-state index >= 15 is 0 Å². The van der Waals surface area contributed by atoms with Crippen LogP contribution in [0, 0.1) is 0 Å². The van der Waals surface area contributed by atoms with Crippen molar-refractivity contribution in [2.24, 2.45) is 14.1 Å². The quantitative estimate of drug-likeness (QED) is 0.730. The van der Waals surface area contributed by atoms with Crippen molar-refractivity contribution in [2.75, 3.05) is 0 Å². The summed E-state index contributed by atoms with van der Waals surface area (Å²) < 4.78 is 4.80. The predicted molar refractivity (Wildman–Crippen MR) is 74.4 cm³/mol. The fraction of sp³-hybridized carbons (Fsp3) is 0.231. The molecule has 0 spiro atoms. The van der Waals surface area contributed by atoms with Crippen molar-refractivity contribution in [1.82, 2.24) is 19.6 Å². The molecule has 0 fully saturated rings. The fourth-order valence-electron chi connectivity index (χ4n) is 2.16. The molecule has 0 aliphatic heterocycles. The van der Waals surface area contributed by atoms with Crippen LogP contribution in [0.5, 0.6) is 0 Å². The van der Waals surface area contributed by atoms with E-state index in [1.807, 2.05) is 41.8 Å². The lowest BCUT2D eigenvalue weighted by Gasteiger charge is -1.95. The molecule has 1 aromatic carbocycles. The summed E-state index contributed by atoms with van der Waals surface area (Å²) in [6.07, 6.45) is 2.72. The van der Waals surface area contributed by atoms with E-state index in [0.29, 0.717) is 0 Å². The van der Waals surface area contributed by atoms with Crippen molar-refractivity contribution in [1.29, 1.82) is 0 Å². The van der Waals surface area contributed by atoms with E-state index in [1.54, 1.807) is 0 Å². The maximum absolute atomic E-state index is 4.58. The van der Waals surface area contributed by atoms with E-state index in [9.17, 15) is 0 Å². The lowest BCUT2D eigenvalue weighted by molar-refractivity contribution is 0.737. The highest BCUT2D eigenvalue weighted by molar-refractivity contribution is 9.10. The first-order valence-corrected chi connectivity index (χ1v) is 6.52. The number of hydrogen-bond acceptors (Lipinski definition) is 2. The van der Waals surface area contributed by atoms with Crippen molar-refractivity contribution in [3.05, 3.63) is 46.3 Å². The number of benzene rings is 1. The van der Waals surface area contributed by atoms with E-state index < -0.39 is 0 Å². The van der Waals surface area contributed by atoms with E-state index in [0.717, 1.165) is 27.8 Å². The summed E-state index contributed by atoms with van der Waals surface area (Å²) in [5, 5.41) is 10.2. The highest BCUT2D eigenvalue weighted by atomic mass is 79.9. The van der Waals surface area contributed by atoms with Gasteiger partial charge in [-0.1, -0.05) is 15.9 Å². The lowest BCUT2D eigenvalue weighted by Crippen LogP contribution is -1.95.